The van der Waals surface area contributed by atoms with E-state index >= 15 is 0 Å². The Labute approximate surface area is 205 Å². The van der Waals surface area contributed by atoms with Crippen LogP contribution in [0.3, 0.4) is 0 Å². The predicted octanol–water partition coefficient (Wildman–Crippen LogP) is 3.84. The van der Waals surface area contributed by atoms with E-state index in [1.165, 1.54) is 30.8 Å². The second kappa shape index (κ2) is 9.28. The average molecular weight is 500 g/mol. The number of halogens is 1. The SMILES string of the molecule is COc1cnc(Cl)cc1-c1cc(C)ncc1C(=O)Nc1nc2c(s1)CN(C(=O)[C@@H]1CCCO1)C2. The van der Waals surface area contributed by atoms with Crippen LogP contribution in [0, 0.1) is 6.92 Å². The van der Waals surface area contributed by atoms with Crippen molar-refractivity contribution in [2.24, 2.45) is 0 Å². The molecule has 1 fully saturated rings. The van der Waals surface area contributed by atoms with Gasteiger partial charge in [0, 0.05) is 29.6 Å². The Balaban J connectivity index is 1.36. The topological polar surface area (TPSA) is 107 Å². The summed E-state index contributed by atoms with van der Waals surface area (Å²) < 4.78 is 10.9. The lowest BCUT2D eigenvalue weighted by atomic mass is 10.0. The molecule has 1 atom stereocenters. The van der Waals surface area contributed by atoms with E-state index in [2.05, 4.69) is 20.3 Å². The van der Waals surface area contributed by atoms with Crippen molar-refractivity contribution in [3.05, 3.63) is 51.5 Å². The fourth-order valence-corrected chi connectivity index (χ4v) is 5.28. The Hall–Kier alpha value is -3.08. The Morgan fingerprint density at radius 1 is 1.24 bits per heavy atom. The number of anilines is 1. The number of fused-ring (bicyclic) bond motifs is 1. The third-order valence-corrected chi connectivity index (χ3v) is 7.02. The summed E-state index contributed by atoms with van der Waals surface area (Å²) >= 11 is 7.49. The summed E-state index contributed by atoms with van der Waals surface area (Å²) in [5.74, 6) is 0.152. The molecular formula is C23H22ClN5O4S. The van der Waals surface area contributed by atoms with Crippen LogP contribution in [0.15, 0.2) is 24.5 Å². The van der Waals surface area contributed by atoms with Gasteiger partial charge in [0.25, 0.3) is 11.8 Å². The number of ether oxygens (including phenoxy) is 2. The van der Waals surface area contributed by atoms with Gasteiger partial charge >= 0.3 is 0 Å². The molecule has 0 aromatic carbocycles. The average Bonchev–Trinajstić information content (AvgIpc) is 3.55. The van der Waals surface area contributed by atoms with E-state index in [0.717, 1.165) is 29.1 Å². The molecule has 9 nitrogen and oxygen atoms in total. The molecule has 2 aliphatic rings. The van der Waals surface area contributed by atoms with E-state index in [1.807, 2.05) is 6.92 Å². The Kier molecular flexibility index (Phi) is 6.20. The van der Waals surface area contributed by atoms with Crippen LogP contribution >= 0.6 is 22.9 Å². The summed E-state index contributed by atoms with van der Waals surface area (Å²) in [4.78, 5) is 41.5. The first-order chi connectivity index (χ1) is 16.4. The molecule has 0 saturated carbocycles. The van der Waals surface area contributed by atoms with E-state index in [0.29, 0.717) is 47.3 Å². The van der Waals surface area contributed by atoms with E-state index < -0.39 is 0 Å². The summed E-state index contributed by atoms with van der Waals surface area (Å²) in [5, 5.41) is 3.64. The highest BCUT2D eigenvalue weighted by Crippen LogP contribution is 2.35. The number of hydrogen-bond acceptors (Lipinski definition) is 8. The molecule has 11 heteroatoms. The maximum absolute atomic E-state index is 13.2. The molecule has 0 bridgehead atoms. The largest absolute Gasteiger partial charge is 0.494 e. The van der Waals surface area contributed by atoms with Gasteiger partial charge in [-0.3, -0.25) is 19.9 Å². The third-order valence-electron chi connectivity index (χ3n) is 5.82. The quantitative estimate of drug-likeness (QED) is 0.531. The smallest absolute Gasteiger partial charge is 0.259 e. The minimum absolute atomic E-state index is 0.00798. The fraction of sp³-hybridized carbons (Fsp3) is 0.348. The molecule has 2 aliphatic heterocycles. The first-order valence-electron chi connectivity index (χ1n) is 10.8. The molecule has 3 aromatic heterocycles. The van der Waals surface area contributed by atoms with Crippen molar-refractivity contribution < 1.29 is 19.1 Å². The monoisotopic (exact) mass is 499 g/mol. The molecule has 0 radical (unpaired) electrons. The van der Waals surface area contributed by atoms with Gasteiger partial charge < -0.3 is 14.4 Å². The minimum atomic E-state index is -0.350. The minimum Gasteiger partial charge on any atom is -0.494 e. The Morgan fingerprint density at radius 2 is 2.09 bits per heavy atom. The summed E-state index contributed by atoms with van der Waals surface area (Å²) in [6.45, 7) is 3.37. The molecule has 34 heavy (non-hydrogen) atoms. The van der Waals surface area contributed by atoms with Crippen LogP contribution in [0.1, 0.15) is 39.5 Å². The van der Waals surface area contributed by atoms with Crippen molar-refractivity contribution in [3.63, 3.8) is 0 Å². The lowest BCUT2D eigenvalue weighted by molar-refractivity contribution is -0.141. The van der Waals surface area contributed by atoms with Gasteiger partial charge in [-0.25, -0.2) is 9.97 Å². The zero-order valence-corrected chi connectivity index (χ0v) is 20.2. The van der Waals surface area contributed by atoms with Crippen LogP contribution in [0.5, 0.6) is 5.75 Å². The first-order valence-corrected chi connectivity index (χ1v) is 12.0. The zero-order chi connectivity index (χ0) is 23.8. The maximum atomic E-state index is 13.2. The standard InChI is InChI=1S/C23H22ClN5O4S/c1-12-6-13(14-7-20(24)26-9-18(14)32-2)15(8-25-12)21(30)28-23-27-16-10-29(11-19(16)34-23)22(31)17-4-3-5-33-17/h6-9,17H,3-5,10-11H2,1-2H3,(H,27,28,30)/t17-/m0/s1. The molecule has 176 valence electrons. The molecule has 1 N–H and O–H groups in total. The number of aryl methyl sites for hydroxylation is 1. The van der Waals surface area contributed by atoms with Gasteiger partial charge in [-0.05, 0) is 31.9 Å². The fourth-order valence-electron chi connectivity index (χ4n) is 4.14. The van der Waals surface area contributed by atoms with Crippen molar-refractivity contribution in [1.29, 1.82) is 0 Å². The van der Waals surface area contributed by atoms with E-state index in [1.54, 1.807) is 17.0 Å². The summed E-state index contributed by atoms with van der Waals surface area (Å²) in [7, 11) is 1.53. The molecular weight excluding hydrogens is 478 g/mol. The van der Waals surface area contributed by atoms with Gasteiger partial charge in [0.1, 0.15) is 17.0 Å². The second-order valence-electron chi connectivity index (χ2n) is 8.12. The lowest BCUT2D eigenvalue weighted by Crippen LogP contribution is -2.35. The number of carbonyl (C=O) groups is 2. The molecule has 0 unspecified atom stereocenters. The number of hydrogen-bond donors (Lipinski definition) is 1. The van der Waals surface area contributed by atoms with Gasteiger partial charge in [-0.2, -0.15) is 0 Å². The second-order valence-corrected chi connectivity index (χ2v) is 9.59. The molecule has 5 rings (SSSR count). The third kappa shape index (κ3) is 4.36. The van der Waals surface area contributed by atoms with Crippen molar-refractivity contribution in [1.82, 2.24) is 19.9 Å². The van der Waals surface area contributed by atoms with Crippen LogP contribution in [-0.2, 0) is 22.6 Å². The number of methoxy groups -OCH3 is 1. The van der Waals surface area contributed by atoms with Crippen LogP contribution in [0.2, 0.25) is 5.15 Å². The molecule has 5 heterocycles. The van der Waals surface area contributed by atoms with Crippen LogP contribution in [0.4, 0.5) is 5.13 Å². The molecule has 2 amide bonds. The van der Waals surface area contributed by atoms with Crippen molar-refractivity contribution in [2.75, 3.05) is 19.0 Å². The number of thiazole rings is 1. The first kappa shape index (κ1) is 22.7. The van der Waals surface area contributed by atoms with Gasteiger partial charge in [0.15, 0.2) is 5.13 Å². The normalized spacial score (nSPS) is 17.0. The summed E-state index contributed by atoms with van der Waals surface area (Å²) in [6, 6.07) is 3.46. The molecule has 0 aliphatic carbocycles. The van der Waals surface area contributed by atoms with Crippen molar-refractivity contribution in [2.45, 2.75) is 39.0 Å². The number of nitrogens with one attached hydrogen (secondary N) is 1. The number of pyridine rings is 2. The number of nitrogens with zero attached hydrogens (tertiary/aromatic N) is 4. The highest BCUT2D eigenvalue weighted by atomic mass is 35.5. The Morgan fingerprint density at radius 3 is 2.82 bits per heavy atom. The highest BCUT2D eigenvalue weighted by Gasteiger charge is 2.34. The highest BCUT2D eigenvalue weighted by molar-refractivity contribution is 7.16. The van der Waals surface area contributed by atoms with E-state index in [9.17, 15) is 9.59 Å². The number of rotatable bonds is 5. The van der Waals surface area contributed by atoms with Crippen LogP contribution < -0.4 is 10.1 Å². The molecule has 3 aromatic rings. The number of amides is 2. The van der Waals surface area contributed by atoms with E-state index in [-0.39, 0.29) is 23.1 Å². The predicted molar refractivity (Wildman–Crippen MR) is 127 cm³/mol. The van der Waals surface area contributed by atoms with Gasteiger partial charge in [0.05, 0.1) is 42.5 Å². The maximum Gasteiger partial charge on any atom is 0.259 e. The van der Waals surface area contributed by atoms with E-state index in [4.69, 9.17) is 21.1 Å². The number of aromatic nitrogens is 3. The zero-order valence-electron chi connectivity index (χ0n) is 18.6. The molecule has 1 saturated heterocycles. The summed E-state index contributed by atoms with van der Waals surface area (Å²) in [6.07, 6.45) is 4.37. The summed E-state index contributed by atoms with van der Waals surface area (Å²) in [5.41, 5.74) is 3.17. The lowest BCUT2D eigenvalue weighted by Gasteiger charge is -2.19. The number of carbonyl (C=O) groups excluding carboxylic acids is 2. The molecule has 0 spiro atoms. The Bertz CT molecular complexity index is 1250. The van der Waals surface area contributed by atoms with Gasteiger partial charge in [-0.1, -0.05) is 22.9 Å². The van der Waals surface area contributed by atoms with Gasteiger partial charge in [0.2, 0.25) is 0 Å². The van der Waals surface area contributed by atoms with Crippen molar-refractivity contribution in [3.8, 4) is 16.9 Å². The van der Waals surface area contributed by atoms with Crippen LogP contribution in [-0.4, -0.2) is 51.5 Å². The van der Waals surface area contributed by atoms with Crippen LogP contribution in [0.25, 0.3) is 11.1 Å². The van der Waals surface area contributed by atoms with Gasteiger partial charge in [-0.15, -0.1) is 0 Å². The van der Waals surface area contributed by atoms with Crippen molar-refractivity contribution >= 4 is 39.9 Å².